The summed E-state index contributed by atoms with van der Waals surface area (Å²) in [6.07, 6.45) is 17.5. The summed E-state index contributed by atoms with van der Waals surface area (Å²) in [5.74, 6) is 3.57. The Morgan fingerprint density at radius 1 is 0.381 bits per heavy atom. The highest BCUT2D eigenvalue weighted by Crippen LogP contribution is 2.29. The minimum atomic E-state index is -3.45. The van der Waals surface area contributed by atoms with Crippen molar-refractivity contribution in [3.05, 3.63) is 214 Å². The molecule has 4 aromatic heterocycles. The van der Waals surface area contributed by atoms with Crippen LogP contribution < -0.4 is 19.6 Å². The standard InChI is InChI=1S/C25H35N5.3C21H28N4O3S.B/c1-25(2,3)20-30(24-13-14-27-23(18-26)28-24)19-22-11-9-21(10-12-22)8-7-17-29-15-5-4-6-16-29;2*1-16(14-28-29(5,26)27)18-8-6-17(7-9-18)13-25(15-21(2,3)4)20-10-11-23-19(12-22)24-20;1-21(2,3)16-25(20-11-12-23-19(14-22)24-20)15-18-9-7-17(8-10-18)6-5-13-28-29(4,26)27;/h9-14H,4-8,15-17,19-20H2,1-3H3;2*6-11,16H,13-15H2,1-5H3;7-12H,5-6,13,15-16H2,1-4H3;. The first-order valence-corrected chi connectivity index (χ1v) is 44.9. The van der Waals surface area contributed by atoms with Gasteiger partial charge in [0.05, 0.1) is 38.6 Å². The molecule has 0 spiro atoms. The number of likely N-dealkylation sites (tertiary alicyclic amines) is 1. The maximum Gasteiger partial charge on any atom is 0.264 e. The van der Waals surface area contributed by atoms with E-state index in [1.165, 1.54) is 56.4 Å². The lowest BCUT2D eigenvalue weighted by atomic mass is 9.95. The fraction of sp³-hybridized carbons (Fsp3) is 0.500. The number of nitrogens with zero attached hydrogens (tertiary/aromatic N) is 17. The zero-order chi connectivity index (χ0) is 86.2. The first kappa shape index (κ1) is 98.7. The molecule has 2 atom stereocenters. The predicted octanol–water partition coefficient (Wildman–Crippen LogP) is 14.7. The summed E-state index contributed by atoms with van der Waals surface area (Å²) in [5.41, 5.74) is 9.36. The molecule has 1 fully saturated rings. The van der Waals surface area contributed by atoms with E-state index >= 15 is 0 Å². The van der Waals surface area contributed by atoms with Gasteiger partial charge in [-0.05, 0) is 149 Å². The first-order chi connectivity index (χ1) is 54.9. The number of rotatable bonds is 33. The summed E-state index contributed by atoms with van der Waals surface area (Å²) in [6.45, 7) is 40.0. The van der Waals surface area contributed by atoms with Crippen molar-refractivity contribution in [1.82, 2.24) is 44.8 Å². The lowest BCUT2D eigenvalue weighted by Gasteiger charge is -2.31. The fourth-order valence-corrected chi connectivity index (χ4v) is 14.0. The highest BCUT2D eigenvalue weighted by molar-refractivity contribution is 7.86. The predicted molar refractivity (Wildman–Crippen MR) is 467 cm³/mol. The average Bonchev–Trinajstić information content (AvgIpc) is 0.859. The Morgan fingerprint density at radius 3 is 0.890 bits per heavy atom. The van der Waals surface area contributed by atoms with Crippen molar-refractivity contribution in [2.24, 2.45) is 21.7 Å². The molecular formula is C88H119BN17O9S3. The maximum absolute atomic E-state index is 11.2. The molecule has 1 aliphatic rings. The van der Waals surface area contributed by atoms with Crippen LogP contribution in [0.2, 0.25) is 0 Å². The second kappa shape index (κ2) is 46.5. The molecule has 631 valence electrons. The summed E-state index contributed by atoms with van der Waals surface area (Å²) >= 11 is 0. The van der Waals surface area contributed by atoms with Crippen molar-refractivity contribution in [3.8, 4) is 24.3 Å². The topological polar surface area (TPSA) is 345 Å². The van der Waals surface area contributed by atoms with E-state index in [1.807, 2.05) is 123 Å². The molecule has 1 aliphatic heterocycles. The third kappa shape index (κ3) is 39.6. The lowest BCUT2D eigenvalue weighted by Crippen LogP contribution is -2.33. The van der Waals surface area contributed by atoms with E-state index in [9.17, 15) is 25.3 Å². The van der Waals surface area contributed by atoms with Crippen LogP contribution in [0.3, 0.4) is 0 Å². The van der Waals surface area contributed by atoms with Gasteiger partial charge in [-0.25, -0.2) is 39.9 Å². The second-order valence-corrected chi connectivity index (χ2v) is 39.5. The molecule has 0 aliphatic carbocycles. The van der Waals surface area contributed by atoms with E-state index in [0.717, 1.165) is 109 Å². The normalized spacial score (nSPS) is 13.1. The molecule has 1 saturated heterocycles. The first-order valence-electron chi connectivity index (χ1n) is 39.4. The fourth-order valence-electron chi connectivity index (χ4n) is 12.7. The van der Waals surface area contributed by atoms with Gasteiger partial charge in [-0.1, -0.05) is 200 Å². The van der Waals surface area contributed by atoms with Crippen LogP contribution in [0.4, 0.5) is 23.3 Å². The highest BCUT2D eigenvalue weighted by Gasteiger charge is 2.25. The van der Waals surface area contributed by atoms with Crippen LogP contribution in [0.1, 0.15) is 209 Å². The third-order valence-corrected chi connectivity index (χ3v) is 19.6. The molecule has 26 nitrogen and oxygen atoms in total. The van der Waals surface area contributed by atoms with E-state index in [-0.39, 0.29) is 85.0 Å². The molecule has 5 heterocycles. The van der Waals surface area contributed by atoms with Crippen molar-refractivity contribution >= 4 is 62.0 Å². The van der Waals surface area contributed by atoms with Gasteiger partial charge < -0.3 is 24.5 Å². The SMILES string of the molecule is CC(C)(C)CN(Cc1ccc(CCCN2CCCCC2)cc1)c1ccnc(C#N)n1.CC(C)(C)CN(Cc1ccc(CCCOS(C)(=O)=O)cc1)c1ccnc(C#N)n1.CC(COS(C)(=O)=O)c1ccc(CN(CC(C)(C)C)c2ccnc(C#N)n2)cc1.CC(COS(C)(=O)=O)c1ccc(CN(CC(C)(C)C)c2ccnc(C#N)n2)cc1.[B]. The monoisotopic (exact) mass is 1660 g/mol. The van der Waals surface area contributed by atoms with Gasteiger partial charge in [0.1, 0.15) is 47.5 Å². The third-order valence-electron chi connectivity index (χ3n) is 17.9. The summed E-state index contributed by atoms with van der Waals surface area (Å²) in [7, 11) is -10.3. The lowest BCUT2D eigenvalue weighted by molar-refractivity contribution is 0.226. The number of hydrogen-bond donors (Lipinski definition) is 0. The quantitative estimate of drug-likeness (QED) is 0.0209. The Balaban J connectivity index is 0.000000280. The Kier molecular flexibility index (Phi) is 38.9. The molecule has 118 heavy (non-hydrogen) atoms. The van der Waals surface area contributed by atoms with Gasteiger partial charge in [-0.3, -0.25) is 12.5 Å². The van der Waals surface area contributed by atoms with Gasteiger partial charge in [-0.2, -0.15) is 46.3 Å². The van der Waals surface area contributed by atoms with Crippen molar-refractivity contribution in [1.29, 1.82) is 21.0 Å². The minimum Gasteiger partial charge on any atom is -0.352 e. The molecule has 0 N–H and O–H groups in total. The van der Waals surface area contributed by atoms with Gasteiger partial charge in [0, 0.05) is 97.4 Å². The van der Waals surface area contributed by atoms with E-state index in [2.05, 4.69) is 184 Å². The average molecular weight is 1670 g/mol. The number of anilines is 4. The van der Waals surface area contributed by atoms with Crippen molar-refractivity contribution in [2.75, 3.05) is 104 Å². The molecule has 0 saturated carbocycles. The summed E-state index contributed by atoms with van der Waals surface area (Å²) in [5, 5.41) is 36.5. The van der Waals surface area contributed by atoms with Crippen LogP contribution in [0.25, 0.3) is 0 Å². The molecular weight excluding hydrogens is 1550 g/mol. The minimum absolute atomic E-state index is 0. The van der Waals surface area contributed by atoms with Crippen LogP contribution in [-0.2, 0) is 81.9 Å². The molecule has 0 amide bonds. The zero-order valence-electron chi connectivity index (χ0n) is 71.9. The van der Waals surface area contributed by atoms with Crippen molar-refractivity contribution in [3.63, 3.8) is 0 Å². The second-order valence-electron chi connectivity index (χ2n) is 34.6. The van der Waals surface area contributed by atoms with E-state index in [0.29, 0.717) is 37.7 Å². The van der Waals surface area contributed by atoms with Gasteiger partial charge in [-0.15, -0.1) is 0 Å². The summed E-state index contributed by atoms with van der Waals surface area (Å²) in [6, 6.07) is 48.6. The number of nitriles is 4. The largest absolute Gasteiger partial charge is 0.352 e. The van der Waals surface area contributed by atoms with Crippen LogP contribution >= 0.6 is 0 Å². The van der Waals surface area contributed by atoms with Gasteiger partial charge >= 0.3 is 0 Å². The Labute approximate surface area is 705 Å². The molecule has 4 aromatic carbocycles. The van der Waals surface area contributed by atoms with Gasteiger partial charge in [0.25, 0.3) is 30.4 Å². The smallest absolute Gasteiger partial charge is 0.264 e. The van der Waals surface area contributed by atoms with Crippen LogP contribution in [0.15, 0.2) is 146 Å². The Bertz CT molecular complexity index is 4790. The number of piperidine rings is 1. The number of aromatic nitrogens is 8. The van der Waals surface area contributed by atoms with Crippen molar-refractivity contribution in [2.45, 2.75) is 180 Å². The molecule has 8 aromatic rings. The van der Waals surface area contributed by atoms with E-state index < -0.39 is 30.4 Å². The number of aryl methyl sites for hydroxylation is 2. The summed E-state index contributed by atoms with van der Waals surface area (Å²) < 4.78 is 81.3. The highest BCUT2D eigenvalue weighted by atomic mass is 32.2. The Morgan fingerprint density at radius 2 is 0.636 bits per heavy atom. The molecule has 3 radical (unpaired) electrons. The van der Waals surface area contributed by atoms with E-state index in [1.54, 1.807) is 24.8 Å². The molecule has 0 bridgehead atoms. The van der Waals surface area contributed by atoms with Gasteiger partial charge in [0.15, 0.2) is 0 Å². The molecule has 2 unspecified atom stereocenters. The van der Waals surface area contributed by atoms with Crippen LogP contribution in [-0.4, -0.2) is 163 Å². The Hall–Kier alpha value is -9.89. The maximum atomic E-state index is 11.2. The number of benzene rings is 4. The van der Waals surface area contributed by atoms with Crippen molar-refractivity contribution < 1.29 is 37.8 Å². The molecule has 9 rings (SSSR count). The number of hydrogen-bond acceptors (Lipinski definition) is 26. The zero-order valence-corrected chi connectivity index (χ0v) is 74.4. The van der Waals surface area contributed by atoms with Crippen LogP contribution in [0.5, 0.6) is 0 Å². The van der Waals surface area contributed by atoms with E-state index in [4.69, 9.17) is 33.6 Å². The summed E-state index contributed by atoms with van der Waals surface area (Å²) in [4.78, 5) is 44.6. The van der Waals surface area contributed by atoms with Gasteiger partial charge in [0.2, 0.25) is 23.3 Å². The van der Waals surface area contributed by atoms with Crippen LogP contribution in [0, 0.1) is 67.0 Å². The molecule has 30 heteroatoms.